The highest BCUT2D eigenvalue weighted by molar-refractivity contribution is 6.23. The van der Waals surface area contributed by atoms with Gasteiger partial charge in [-0.1, -0.05) is 12.1 Å². The third-order valence-corrected chi connectivity index (χ3v) is 12.2. The van der Waals surface area contributed by atoms with Crippen LogP contribution in [0.1, 0.15) is 93.8 Å². The molecule has 61 heavy (non-hydrogen) atoms. The SMILES string of the molecule is Cc1cc(-c2ccnc(Nc3cnn(C4CCN(CC5CN(c6ccc7c(c6)C(=O)N(C6CCC(=O)NC6=O)C7=O)C5)CC4)c3)n2)ccc1CNC(=O)c1cnn(C(C)C)c1. The van der Waals surface area contributed by atoms with Crippen LogP contribution < -0.4 is 20.9 Å². The van der Waals surface area contributed by atoms with Crippen LogP contribution in [-0.2, 0) is 16.1 Å². The minimum Gasteiger partial charge on any atom is -0.371 e. The van der Waals surface area contributed by atoms with Gasteiger partial charge in [0.1, 0.15) is 6.04 Å². The van der Waals surface area contributed by atoms with E-state index in [-0.39, 0.29) is 30.8 Å². The smallest absolute Gasteiger partial charge is 0.262 e. The van der Waals surface area contributed by atoms with Crippen molar-refractivity contribution in [1.29, 1.82) is 0 Å². The maximum atomic E-state index is 13.3. The maximum Gasteiger partial charge on any atom is 0.262 e. The predicted octanol–water partition coefficient (Wildman–Crippen LogP) is 4.27. The molecule has 5 amide bonds. The van der Waals surface area contributed by atoms with E-state index in [4.69, 9.17) is 4.98 Å². The van der Waals surface area contributed by atoms with Gasteiger partial charge in [-0.05, 0) is 81.5 Å². The lowest BCUT2D eigenvalue weighted by atomic mass is 9.95. The van der Waals surface area contributed by atoms with Crippen LogP contribution in [-0.4, -0.2) is 108 Å². The quantitative estimate of drug-likeness (QED) is 0.152. The number of benzene rings is 2. The van der Waals surface area contributed by atoms with Gasteiger partial charge in [0, 0.05) is 87.5 Å². The summed E-state index contributed by atoms with van der Waals surface area (Å²) in [5, 5.41) is 17.5. The normalized spacial score (nSPS) is 18.7. The summed E-state index contributed by atoms with van der Waals surface area (Å²) in [6.07, 6.45) is 11.1. The van der Waals surface area contributed by atoms with Crippen molar-refractivity contribution >= 4 is 46.9 Å². The number of piperidine rings is 2. The Morgan fingerprint density at radius 1 is 0.918 bits per heavy atom. The Balaban J connectivity index is 0.732. The Kier molecular flexibility index (Phi) is 10.7. The van der Waals surface area contributed by atoms with E-state index in [1.165, 1.54) is 0 Å². The zero-order valence-corrected chi connectivity index (χ0v) is 34.4. The zero-order chi connectivity index (χ0) is 42.4. The summed E-state index contributed by atoms with van der Waals surface area (Å²) >= 11 is 0. The molecule has 2 aromatic carbocycles. The highest BCUT2D eigenvalue weighted by Crippen LogP contribution is 2.34. The van der Waals surface area contributed by atoms with Crippen molar-refractivity contribution in [2.45, 2.75) is 71.1 Å². The molecule has 4 aliphatic rings. The summed E-state index contributed by atoms with van der Waals surface area (Å²) in [6, 6.07) is 12.8. The molecule has 5 aromatic rings. The molecule has 3 N–H and O–H groups in total. The Morgan fingerprint density at radius 2 is 1.72 bits per heavy atom. The summed E-state index contributed by atoms with van der Waals surface area (Å²) in [4.78, 5) is 78.1. The number of fused-ring (bicyclic) bond motifs is 1. The fraction of sp³-hybridized carbons (Fsp3) is 0.386. The van der Waals surface area contributed by atoms with Gasteiger partial charge in [0.05, 0.1) is 46.5 Å². The molecule has 7 heterocycles. The van der Waals surface area contributed by atoms with E-state index in [9.17, 15) is 24.0 Å². The molecule has 1 atom stereocenters. The largest absolute Gasteiger partial charge is 0.371 e. The molecule has 1 unspecified atom stereocenters. The minimum absolute atomic E-state index is 0.0914. The summed E-state index contributed by atoms with van der Waals surface area (Å²) in [7, 11) is 0. The Hall–Kier alpha value is -6.75. The second-order valence-electron chi connectivity index (χ2n) is 16.7. The molecular formula is C44H48N12O5. The fourth-order valence-electron chi connectivity index (χ4n) is 8.66. The van der Waals surface area contributed by atoms with Crippen molar-refractivity contribution in [1.82, 2.24) is 50.0 Å². The van der Waals surface area contributed by atoms with Crippen molar-refractivity contribution in [3.63, 3.8) is 0 Å². The van der Waals surface area contributed by atoms with Crippen molar-refractivity contribution in [2.24, 2.45) is 5.92 Å². The molecule has 9 rings (SSSR count). The van der Waals surface area contributed by atoms with E-state index in [0.717, 1.165) is 84.2 Å². The molecule has 17 nitrogen and oxygen atoms in total. The highest BCUT2D eigenvalue weighted by Gasteiger charge is 2.45. The first-order valence-corrected chi connectivity index (χ1v) is 20.9. The third kappa shape index (κ3) is 8.12. The first-order chi connectivity index (χ1) is 29.5. The van der Waals surface area contributed by atoms with Gasteiger partial charge in [-0.3, -0.25) is 43.6 Å². The Bertz CT molecular complexity index is 2530. The molecule has 3 fully saturated rings. The molecule has 314 valence electrons. The number of nitrogens with zero attached hydrogens (tertiary/aromatic N) is 9. The van der Waals surface area contributed by atoms with Crippen molar-refractivity contribution in [3.05, 3.63) is 101 Å². The molecular weight excluding hydrogens is 777 g/mol. The molecule has 3 saturated heterocycles. The Morgan fingerprint density at radius 3 is 2.48 bits per heavy atom. The van der Waals surface area contributed by atoms with Gasteiger partial charge in [-0.15, -0.1) is 0 Å². The van der Waals surface area contributed by atoms with Gasteiger partial charge >= 0.3 is 0 Å². The average Bonchev–Trinajstić information content (AvgIpc) is 3.98. The van der Waals surface area contributed by atoms with E-state index in [2.05, 4.69) is 47.0 Å². The van der Waals surface area contributed by atoms with E-state index in [1.807, 2.05) is 55.9 Å². The molecule has 3 aromatic heterocycles. The summed E-state index contributed by atoms with van der Waals surface area (Å²) in [5.41, 5.74) is 6.63. The van der Waals surface area contributed by atoms with Crippen LogP contribution in [0.3, 0.4) is 0 Å². The van der Waals surface area contributed by atoms with Crippen LogP contribution in [0, 0.1) is 12.8 Å². The monoisotopic (exact) mass is 824 g/mol. The first-order valence-electron chi connectivity index (χ1n) is 20.9. The summed E-state index contributed by atoms with van der Waals surface area (Å²) < 4.78 is 3.80. The lowest BCUT2D eigenvalue weighted by molar-refractivity contribution is -0.136. The Labute approximate surface area is 352 Å². The maximum absolute atomic E-state index is 13.3. The second kappa shape index (κ2) is 16.4. The van der Waals surface area contributed by atoms with Gasteiger partial charge in [-0.2, -0.15) is 10.2 Å². The second-order valence-corrected chi connectivity index (χ2v) is 16.7. The number of aromatic nitrogens is 6. The van der Waals surface area contributed by atoms with Gasteiger partial charge in [0.25, 0.3) is 17.7 Å². The van der Waals surface area contributed by atoms with Crippen LogP contribution in [0.2, 0.25) is 0 Å². The van der Waals surface area contributed by atoms with Crippen molar-refractivity contribution in [3.8, 4) is 11.3 Å². The van der Waals surface area contributed by atoms with Crippen LogP contribution in [0.5, 0.6) is 0 Å². The van der Waals surface area contributed by atoms with Crippen molar-refractivity contribution in [2.75, 3.05) is 42.9 Å². The topological polar surface area (TPSA) is 193 Å². The number of anilines is 3. The van der Waals surface area contributed by atoms with Gasteiger partial charge in [-0.25, -0.2) is 9.97 Å². The lowest BCUT2D eigenvalue weighted by Crippen LogP contribution is -2.54. The van der Waals surface area contributed by atoms with E-state index in [0.29, 0.717) is 35.1 Å². The number of carbonyl (C=O) groups is 5. The van der Waals surface area contributed by atoms with E-state index in [1.54, 1.807) is 41.6 Å². The number of aryl methyl sites for hydroxylation is 1. The number of amides is 5. The number of hydrogen-bond acceptors (Lipinski definition) is 12. The molecule has 0 saturated carbocycles. The van der Waals surface area contributed by atoms with Gasteiger partial charge < -0.3 is 20.4 Å². The molecule has 0 spiro atoms. The fourth-order valence-corrected chi connectivity index (χ4v) is 8.66. The number of nitrogens with one attached hydrogen (secondary N) is 3. The third-order valence-electron chi connectivity index (χ3n) is 12.2. The number of rotatable bonds is 12. The van der Waals surface area contributed by atoms with Gasteiger partial charge in [0.2, 0.25) is 17.8 Å². The van der Waals surface area contributed by atoms with E-state index >= 15 is 0 Å². The van der Waals surface area contributed by atoms with Crippen LogP contribution in [0.15, 0.2) is 73.4 Å². The van der Waals surface area contributed by atoms with Crippen LogP contribution in [0.25, 0.3) is 11.3 Å². The zero-order valence-electron chi connectivity index (χ0n) is 34.4. The van der Waals surface area contributed by atoms with Crippen LogP contribution in [0.4, 0.5) is 17.3 Å². The first kappa shape index (κ1) is 39.7. The molecule has 0 bridgehead atoms. The minimum atomic E-state index is -0.972. The molecule has 0 radical (unpaired) electrons. The number of likely N-dealkylation sites (tertiary alicyclic amines) is 1. The highest BCUT2D eigenvalue weighted by atomic mass is 16.2. The number of imide groups is 2. The average molecular weight is 825 g/mol. The standard InChI is InChI=1S/C44H48N12O5/c1-26(2)54-24-31(19-47-54)40(58)46-18-30-5-4-29(16-27(30)3)37-10-13-45-44(50-37)49-32-20-48-55(25-32)33-11-14-52(15-12-33)21-28-22-53(23-28)34-6-7-35-36(17-34)43(61)56(42(35)60)38-8-9-39(57)51-41(38)59/h4-7,10,13,16-17,19-20,24-26,28,33,38H,8-9,11-12,14-15,18,21-23H2,1-3H3,(H,46,58)(H,45,49,50)(H,51,57,59). The van der Waals surface area contributed by atoms with Crippen LogP contribution >= 0.6 is 0 Å². The number of hydrogen-bond donors (Lipinski definition) is 3. The molecule has 17 heteroatoms. The molecule has 4 aliphatic heterocycles. The lowest BCUT2D eigenvalue weighted by Gasteiger charge is -2.44. The number of carbonyl (C=O) groups excluding carboxylic acids is 5. The molecule has 0 aliphatic carbocycles. The van der Waals surface area contributed by atoms with E-state index < -0.39 is 29.7 Å². The summed E-state index contributed by atoms with van der Waals surface area (Å²) in [5.74, 6) is -1.17. The van der Waals surface area contributed by atoms with Gasteiger partial charge in [0.15, 0.2) is 0 Å². The van der Waals surface area contributed by atoms with Crippen molar-refractivity contribution < 1.29 is 24.0 Å². The summed E-state index contributed by atoms with van der Waals surface area (Å²) in [6.45, 7) is 11.1. The predicted molar refractivity (Wildman–Crippen MR) is 225 cm³/mol.